The molecule has 202 valence electrons. The molecule has 0 aliphatic rings. The Morgan fingerprint density at radius 1 is 0.769 bits per heavy atom. The summed E-state index contributed by atoms with van der Waals surface area (Å²) in [6.45, 7) is 1.25. The van der Waals surface area contributed by atoms with Crippen LogP contribution in [-0.4, -0.2) is 33.3 Å². The van der Waals surface area contributed by atoms with E-state index >= 15 is 0 Å². The average Bonchev–Trinajstić information content (AvgIpc) is 3.30. The number of aryl methyl sites for hydroxylation is 3. The van der Waals surface area contributed by atoms with Crippen molar-refractivity contribution in [1.29, 1.82) is 0 Å². The lowest BCUT2D eigenvalue weighted by molar-refractivity contribution is -0.138. The van der Waals surface area contributed by atoms with E-state index in [2.05, 4.69) is 24.3 Å². The van der Waals surface area contributed by atoms with E-state index in [1.165, 1.54) is 5.56 Å². The van der Waals surface area contributed by atoms with Crippen LogP contribution in [0.15, 0.2) is 79.0 Å². The van der Waals surface area contributed by atoms with E-state index in [0.717, 1.165) is 52.6 Å². The summed E-state index contributed by atoms with van der Waals surface area (Å²) < 4.78 is 7.96. The zero-order valence-corrected chi connectivity index (χ0v) is 22.1. The van der Waals surface area contributed by atoms with Gasteiger partial charge in [0.15, 0.2) is 0 Å². The Hall–Kier alpha value is -4.32. The number of fused-ring (bicyclic) bond motifs is 1. The molecule has 0 aliphatic carbocycles. The van der Waals surface area contributed by atoms with Crippen LogP contribution in [0.4, 0.5) is 0 Å². The number of ether oxygens (including phenoxy) is 1. The van der Waals surface area contributed by atoms with Crippen LogP contribution in [0.2, 0.25) is 0 Å². The summed E-state index contributed by atoms with van der Waals surface area (Å²) in [6.07, 6.45) is 10.3. The first-order chi connectivity index (χ1) is 19.0. The highest BCUT2D eigenvalue weighted by Gasteiger charge is 2.13. The van der Waals surface area contributed by atoms with Crippen molar-refractivity contribution in [2.75, 3.05) is 6.61 Å². The van der Waals surface area contributed by atoms with Crippen LogP contribution in [-0.2, 0) is 29.0 Å². The monoisotopic (exact) mass is 525 g/mol. The zero-order chi connectivity index (χ0) is 27.5. The highest BCUT2D eigenvalue weighted by molar-refractivity contribution is 5.94. The van der Waals surface area contributed by atoms with Crippen molar-refractivity contribution in [1.82, 2.24) is 4.57 Å². The number of nitrogens with zero attached hydrogens (tertiary/aromatic N) is 1. The van der Waals surface area contributed by atoms with Crippen molar-refractivity contribution in [3.63, 3.8) is 0 Å². The van der Waals surface area contributed by atoms with Gasteiger partial charge in [-0.1, -0.05) is 66.7 Å². The fraction of sp³-hybridized carbons (Fsp3) is 0.273. The molecule has 2 N–H and O–H groups in total. The number of unbranched alkanes of at least 4 members (excludes halogenated alkanes) is 1. The largest absolute Gasteiger partial charge is 0.494 e. The molecule has 3 aromatic carbocycles. The second kappa shape index (κ2) is 14.0. The minimum Gasteiger partial charge on any atom is -0.494 e. The molecule has 0 saturated carbocycles. The standard InChI is InChI=1S/C33H35NO5/c35-31(36)13-7-22-34-24-28(18-21-32(37)38)33-27(11-6-12-30(33)34)17-14-26-15-19-29(20-16-26)39-23-5-4-10-25-8-2-1-3-9-25/h1-3,6,8-9,11-12,14-17,19-20,24H,4-5,7,10,13,18,21-23H2,(H,35,36)(H,37,38). The third-order valence-electron chi connectivity index (χ3n) is 6.72. The molecule has 4 aromatic rings. The summed E-state index contributed by atoms with van der Waals surface area (Å²) in [7, 11) is 0. The molecule has 1 heterocycles. The average molecular weight is 526 g/mol. The van der Waals surface area contributed by atoms with Gasteiger partial charge in [0.05, 0.1) is 6.61 Å². The van der Waals surface area contributed by atoms with Crippen molar-refractivity contribution < 1.29 is 24.5 Å². The van der Waals surface area contributed by atoms with Crippen molar-refractivity contribution in [3.8, 4) is 5.75 Å². The van der Waals surface area contributed by atoms with Crippen molar-refractivity contribution in [2.45, 2.75) is 51.5 Å². The molecule has 0 aliphatic heterocycles. The van der Waals surface area contributed by atoms with E-state index in [1.54, 1.807) is 0 Å². The van der Waals surface area contributed by atoms with Gasteiger partial charge in [0, 0.05) is 36.5 Å². The Balaban J connectivity index is 1.40. The molecule has 0 saturated heterocycles. The zero-order valence-electron chi connectivity index (χ0n) is 22.1. The molecule has 0 radical (unpaired) electrons. The number of hydrogen-bond acceptors (Lipinski definition) is 3. The second-order valence-corrected chi connectivity index (χ2v) is 9.67. The van der Waals surface area contributed by atoms with Crippen LogP contribution in [0.3, 0.4) is 0 Å². The summed E-state index contributed by atoms with van der Waals surface area (Å²) in [5.41, 5.74) is 5.34. The first kappa shape index (κ1) is 27.7. The van der Waals surface area contributed by atoms with Crippen LogP contribution >= 0.6 is 0 Å². The number of benzene rings is 3. The number of carboxylic acids is 2. The molecule has 1 aromatic heterocycles. The molecule has 0 unspecified atom stereocenters. The predicted octanol–water partition coefficient (Wildman–Crippen LogP) is 7.10. The molecule has 0 fully saturated rings. The lowest BCUT2D eigenvalue weighted by Gasteiger charge is -2.07. The van der Waals surface area contributed by atoms with Gasteiger partial charge in [0.25, 0.3) is 0 Å². The van der Waals surface area contributed by atoms with E-state index in [1.807, 2.05) is 71.4 Å². The molecular weight excluding hydrogens is 490 g/mol. The highest BCUT2D eigenvalue weighted by Crippen LogP contribution is 2.29. The van der Waals surface area contributed by atoms with Gasteiger partial charge in [-0.2, -0.15) is 0 Å². The Morgan fingerprint density at radius 3 is 2.28 bits per heavy atom. The SMILES string of the molecule is O=C(O)CCCn1cc(CCC(=O)O)c2c(C=Cc3ccc(OCCCCc4ccccc4)cc3)cccc21. The lowest BCUT2D eigenvalue weighted by atomic mass is 10.0. The summed E-state index contributed by atoms with van der Waals surface area (Å²) in [5.74, 6) is -0.808. The topological polar surface area (TPSA) is 88.8 Å². The van der Waals surface area contributed by atoms with E-state index in [9.17, 15) is 14.7 Å². The van der Waals surface area contributed by atoms with Crippen LogP contribution in [0.5, 0.6) is 5.75 Å². The van der Waals surface area contributed by atoms with Crippen molar-refractivity contribution >= 4 is 35.0 Å². The molecule has 0 amide bonds. The van der Waals surface area contributed by atoms with Crippen LogP contribution in [0.1, 0.15) is 54.4 Å². The summed E-state index contributed by atoms with van der Waals surface area (Å²) in [4.78, 5) is 22.2. The summed E-state index contributed by atoms with van der Waals surface area (Å²) in [6, 6.07) is 24.5. The predicted molar refractivity (Wildman–Crippen MR) is 155 cm³/mol. The van der Waals surface area contributed by atoms with Crippen LogP contribution in [0.25, 0.3) is 23.1 Å². The van der Waals surface area contributed by atoms with Crippen LogP contribution < -0.4 is 4.74 Å². The Kier molecular flexibility index (Phi) is 9.95. The van der Waals surface area contributed by atoms with Gasteiger partial charge < -0.3 is 19.5 Å². The van der Waals surface area contributed by atoms with Gasteiger partial charge in [-0.15, -0.1) is 0 Å². The molecule has 0 bridgehead atoms. The quantitative estimate of drug-likeness (QED) is 0.128. The minimum atomic E-state index is -0.840. The first-order valence-corrected chi connectivity index (χ1v) is 13.5. The van der Waals surface area contributed by atoms with Crippen molar-refractivity contribution in [3.05, 3.63) is 101 Å². The number of rotatable bonds is 15. The van der Waals surface area contributed by atoms with Gasteiger partial charge in [0.1, 0.15) is 5.75 Å². The van der Waals surface area contributed by atoms with E-state index in [-0.39, 0.29) is 12.8 Å². The Bertz CT molecular complexity index is 1400. The third-order valence-corrected chi connectivity index (χ3v) is 6.72. The van der Waals surface area contributed by atoms with E-state index < -0.39 is 11.9 Å². The number of aromatic nitrogens is 1. The third kappa shape index (κ3) is 8.34. The lowest BCUT2D eigenvalue weighted by Crippen LogP contribution is -2.01. The van der Waals surface area contributed by atoms with Crippen molar-refractivity contribution in [2.24, 2.45) is 0 Å². The minimum absolute atomic E-state index is 0.0417. The number of carboxylic acid groups (broad SMARTS) is 2. The molecule has 0 atom stereocenters. The van der Waals surface area contributed by atoms with Crippen LogP contribution in [0, 0.1) is 0 Å². The van der Waals surface area contributed by atoms with Gasteiger partial charge >= 0.3 is 11.9 Å². The van der Waals surface area contributed by atoms with Gasteiger partial charge in [0.2, 0.25) is 0 Å². The number of aliphatic carboxylic acids is 2. The second-order valence-electron chi connectivity index (χ2n) is 9.67. The Morgan fingerprint density at radius 2 is 1.54 bits per heavy atom. The molecule has 6 nitrogen and oxygen atoms in total. The molecular formula is C33H35NO5. The molecule has 6 heteroatoms. The summed E-state index contributed by atoms with van der Waals surface area (Å²) >= 11 is 0. The Labute approximate surface area is 229 Å². The number of carbonyl (C=O) groups is 2. The smallest absolute Gasteiger partial charge is 0.303 e. The fourth-order valence-electron chi connectivity index (χ4n) is 4.75. The molecule has 39 heavy (non-hydrogen) atoms. The van der Waals surface area contributed by atoms with E-state index in [0.29, 0.717) is 26.0 Å². The maximum absolute atomic E-state index is 11.2. The normalized spacial score (nSPS) is 11.3. The maximum atomic E-state index is 11.2. The maximum Gasteiger partial charge on any atom is 0.303 e. The van der Waals surface area contributed by atoms with Gasteiger partial charge in [-0.25, -0.2) is 0 Å². The first-order valence-electron chi connectivity index (χ1n) is 13.5. The molecule has 0 spiro atoms. The van der Waals surface area contributed by atoms with E-state index in [4.69, 9.17) is 9.84 Å². The summed E-state index contributed by atoms with van der Waals surface area (Å²) in [5, 5.41) is 19.3. The molecule has 4 rings (SSSR count). The van der Waals surface area contributed by atoms with Gasteiger partial charge in [-0.05, 0) is 72.6 Å². The van der Waals surface area contributed by atoms with Gasteiger partial charge in [-0.3, -0.25) is 9.59 Å². The number of hydrogen-bond donors (Lipinski definition) is 2. The fourth-order valence-corrected chi connectivity index (χ4v) is 4.75. The highest BCUT2D eigenvalue weighted by atomic mass is 16.5.